The van der Waals surface area contributed by atoms with Crippen LogP contribution in [0.2, 0.25) is 0 Å². The fraction of sp³-hybridized carbons (Fsp3) is 0.636. The number of carbonyl (C=O) groups excluding carboxylic acids is 1. The van der Waals surface area contributed by atoms with Crippen LogP contribution in [-0.2, 0) is 11.3 Å². The van der Waals surface area contributed by atoms with Crippen molar-refractivity contribution in [1.82, 2.24) is 24.7 Å². The average Bonchev–Trinajstić information content (AvgIpc) is 3.05. The fourth-order valence-corrected chi connectivity index (χ4v) is 4.77. The van der Waals surface area contributed by atoms with Crippen LogP contribution in [0.25, 0.3) is 11.0 Å². The van der Waals surface area contributed by atoms with Crippen LogP contribution in [0.4, 0.5) is 0 Å². The van der Waals surface area contributed by atoms with Gasteiger partial charge in [-0.25, -0.2) is 4.98 Å². The third-order valence-electron chi connectivity index (χ3n) is 6.09. The van der Waals surface area contributed by atoms with E-state index in [1.54, 1.807) is 0 Å². The van der Waals surface area contributed by atoms with E-state index in [0.29, 0.717) is 18.0 Å². The first-order valence-corrected chi connectivity index (χ1v) is 10.7. The predicted molar refractivity (Wildman–Crippen MR) is 112 cm³/mol. The average molecular weight is 384 g/mol. The maximum Gasteiger partial charge on any atom is 0.227 e. The molecule has 1 aromatic carbocycles. The van der Waals surface area contributed by atoms with Gasteiger partial charge in [0.25, 0.3) is 0 Å². The number of aromatic nitrogens is 2. The SMILES string of the molecule is CC(C)n1c(CN2CCC[C@@H](C(=O)N3CCN[C@H](C)C3)C2)nc2ccccc21. The number of rotatable bonds is 4. The Hall–Kier alpha value is -1.92. The normalized spacial score (nSPS) is 24.2. The number of hydrogen-bond acceptors (Lipinski definition) is 4. The van der Waals surface area contributed by atoms with Crippen molar-refractivity contribution < 1.29 is 4.79 Å². The first-order chi connectivity index (χ1) is 13.5. The summed E-state index contributed by atoms with van der Waals surface area (Å²) in [6, 6.07) is 9.13. The zero-order chi connectivity index (χ0) is 19.7. The minimum Gasteiger partial charge on any atom is -0.340 e. The van der Waals surface area contributed by atoms with Crippen LogP contribution in [0, 0.1) is 5.92 Å². The third kappa shape index (κ3) is 3.94. The van der Waals surface area contributed by atoms with Gasteiger partial charge in [0.05, 0.1) is 23.5 Å². The molecule has 2 aliphatic heterocycles. The predicted octanol–water partition coefficient (Wildman–Crippen LogP) is 2.65. The van der Waals surface area contributed by atoms with Gasteiger partial charge in [0, 0.05) is 38.3 Å². The van der Waals surface area contributed by atoms with Crippen LogP contribution >= 0.6 is 0 Å². The molecule has 0 aliphatic carbocycles. The van der Waals surface area contributed by atoms with Gasteiger partial charge < -0.3 is 14.8 Å². The molecule has 1 aromatic heterocycles. The van der Waals surface area contributed by atoms with Crippen LogP contribution in [0.15, 0.2) is 24.3 Å². The van der Waals surface area contributed by atoms with Crippen LogP contribution in [-0.4, -0.2) is 64.0 Å². The Morgan fingerprint density at radius 3 is 2.86 bits per heavy atom. The van der Waals surface area contributed by atoms with Crippen molar-refractivity contribution in [2.75, 3.05) is 32.7 Å². The maximum atomic E-state index is 13.1. The molecule has 0 saturated carbocycles. The number of likely N-dealkylation sites (tertiary alicyclic amines) is 1. The van der Waals surface area contributed by atoms with E-state index >= 15 is 0 Å². The molecule has 0 bridgehead atoms. The Kier molecular flexibility index (Phi) is 5.69. The molecular weight excluding hydrogens is 350 g/mol. The molecule has 28 heavy (non-hydrogen) atoms. The molecule has 152 valence electrons. The molecule has 2 aliphatic rings. The Labute approximate surface area is 167 Å². The lowest BCUT2D eigenvalue weighted by Gasteiger charge is -2.38. The molecule has 0 radical (unpaired) electrons. The quantitative estimate of drug-likeness (QED) is 0.882. The van der Waals surface area contributed by atoms with E-state index in [2.05, 4.69) is 58.7 Å². The number of fused-ring (bicyclic) bond motifs is 1. The highest BCUT2D eigenvalue weighted by Gasteiger charge is 2.31. The molecule has 2 aromatic rings. The largest absolute Gasteiger partial charge is 0.340 e. The molecule has 1 amide bonds. The molecular formula is C22H33N5O. The number of amides is 1. The molecule has 2 fully saturated rings. The zero-order valence-electron chi connectivity index (χ0n) is 17.4. The molecule has 6 heteroatoms. The number of piperidine rings is 1. The van der Waals surface area contributed by atoms with Gasteiger partial charge in [-0.05, 0) is 52.3 Å². The molecule has 1 N–H and O–H groups in total. The van der Waals surface area contributed by atoms with Crippen LogP contribution in [0.3, 0.4) is 0 Å². The third-order valence-corrected chi connectivity index (χ3v) is 6.09. The molecule has 0 spiro atoms. The lowest BCUT2D eigenvalue weighted by Crippen LogP contribution is -2.54. The summed E-state index contributed by atoms with van der Waals surface area (Å²) in [6.45, 7) is 11.9. The monoisotopic (exact) mass is 383 g/mol. The van der Waals surface area contributed by atoms with E-state index in [1.807, 2.05) is 6.07 Å². The Bertz CT molecular complexity index is 829. The van der Waals surface area contributed by atoms with E-state index in [9.17, 15) is 4.79 Å². The van der Waals surface area contributed by atoms with E-state index in [-0.39, 0.29) is 5.92 Å². The van der Waals surface area contributed by atoms with Crippen LogP contribution < -0.4 is 5.32 Å². The number of hydrogen-bond donors (Lipinski definition) is 1. The summed E-state index contributed by atoms with van der Waals surface area (Å²) >= 11 is 0. The van der Waals surface area contributed by atoms with Crippen molar-refractivity contribution in [2.24, 2.45) is 5.92 Å². The summed E-state index contributed by atoms with van der Waals surface area (Å²) in [5.41, 5.74) is 2.26. The molecule has 0 unspecified atom stereocenters. The highest BCUT2D eigenvalue weighted by molar-refractivity contribution is 5.79. The molecule has 2 atom stereocenters. The Morgan fingerprint density at radius 2 is 2.07 bits per heavy atom. The summed E-state index contributed by atoms with van der Waals surface area (Å²) in [4.78, 5) is 22.5. The second-order valence-electron chi connectivity index (χ2n) is 8.69. The minimum absolute atomic E-state index is 0.121. The summed E-state index contributed by atoms with van der Waals surface area (Å²) < 4.78 is 2.35. The lowest BCUT2D eigenvalue weighted by molar-refractivity contribution is -0.138. The number of nitrogens with zero attached hydrogens (tertiary/aromatic N) is 4. The number of para-hydroxylation sites is 2. The smallest absolute Gasteiger partial charge is 0.227 e. The molecule has 4 rings (SSSR count). The van der Waals surface area contributed by atoms with Crippen molar-refractivity contribution in [1.29, 1.82) is 0 Å². The number of benzene rings is 1. The standard InChI is InChI=1S/C22H33N5O/c1-16(2)27-20-9-5-4-8-19(20)24-21(27)15-25-11-6-7-18(14-25)22(28)26-12-10-23-17(3)13-26/h4-5,8-9,16-18,23H,6-7,10-15H2,1-3H3/t17-,18-/m1/s1. The molecule has 2 saturated heterocycles. The van der Waals surface area contributed by atoms with Crippen molar-refractivity contribution in [2.45, 2.75) is 52.2 Å². The van der Waals surface area contributed by atoms with E-state index < -0.39 is 0 Å². The number of nitrogens with one attached hydrogen (secondary N) is 1. The Morgan fingerprint density at radius 1 is 1.25 bits per heavy atom. The van der Waals surface area contributed by atoms with Gasteiger partial charge in [-0.3, -0.25) is 9.69 Å². The van der Waals surface area contributed by atoms with Gasteiger partial charge in [-0.1, -0.05) is 12.1 Å². The fourth-order valence-electron chi connectivity index (χ4n) is 4.77. The zero-order valence-corrected chi connectivity index (χ0v) is 17.4. The van der Waals surface area contributed by atoms with Gasteiger partial charge >= 0.3 is 0 Å². The summed E-state index contributed by atoms with van der Waals surface area (Å²) in [6.07, 6.45) is 2.09. The Balaban J connectivity index is 1.48. The van der Waals surface area contributed by atoms with Gasteiger partial charge in [-0.2, -0.15) is 0 Å². The van der Waals surface area contributed by atoms with Gasteiger partial charge in [0.15, 0.2) is 0 Å². The van der Waals surface area contributed by atoms with Crippen molar-refractivity contribution in [3.8, 4) is 0 Å². The van der Waals surface area contributed by atoms with Crippen LogP contribution in [0.5, 0.6) is 0 Å². The molecule has 3 heterocycles. The minimum atomic E-state index is 0.121. The van der Waals surface area contributed by atoms with E-state index in [0.717, 1.165) is 63.5 Å². The molecule has 6 nitrogen and oxygen atoms in total. The van der Waals surface area contributed by atoms with Gasteiger partial charge in [0.1, 0.15) is 5.82 Å². The highest BCUT2D eigenvalue weighted by Crippen LogP contribution is 2.25. The van der Waals surface area contributed by atoms with E-state index in [4.69, 9.17) is 4.98 Å². The van der Waals surface area contributed by atoms with Crippen LogP contribution in [0.1, 0.15) is 45.5 Å². The topological polar surface area (TPSA) is 53.4 Å². The van der Waals surface area contributed by atoms with Crippen molar-refractivity contribution >= 4 is 16.9 Å². The van der Waals surface area contributed by atoms with Crippen molar-refractivity contribution in [3.63, 3.8) is 0 Å². The number of piperazine rings is 1. The highest BCUT2D eigenvalue weighted by atomic mass is 16.2. The lowest BCUT2D eigenvalue weighted by atomic mass is 9.96. The van der Waals surface area contributed by atoms with E-state index in [1.165, 1.54) is 5.52 Å². The second-order valence-corrected chi connectivity index (χ2v) is 8.69. The second kappa shape index (κ2) is 8.21. The first kappa shape index (κ1) is 19.4. The summed E-state index contributed by atoms with van der Waals surface area (Å²) in [7, 11) is 0. The van der Waals surface area contributed by atoms with Gasteiger partial charge in [0.2, 0.25) is 5.91 Å². The number of carbonyl (C=O) groups is 1. The maximum absolute atomic E-state index is 13.1. The summed E-state index contributed by atoms with van der Waals surface area (Å²) in [5.74, 6) is 1.58. The van der Waals surface area contributed by atoms with Crippen molar-refractivity contribution in [3.05, 3.63) is 30.1 Å². The number of imidazole rings is 1. The van der Waals surface area contributed by atoms with Gasteiger partial charge in [-0.15, -0.1) is 0 Å². The first-order valence-electron chi connectivity index (χ1n) is 10.7. The summed E-state index contributed by atoms with van der Waals surface area (Å²) in [5, 5.41) is 3.43.